The molecule has 0 bridgehead atoms. The van der Waals surface area contributed by atoms with Crippen LogP contribution in [0.5, 0.6) is 0 Å². The van der Waals surface area contributed by atoms with Crippen molar-refractivity contribution in [2.24, 2.45) is 0 Å². The lowest BCUT2D eigenvalue weighted by Crippen LogP contribution is -2.16. The predicted octanol–water partition coefficient (Wildman–Crippen LogP) is 3.10. The molecule has 1 aromatic carbocycles. The van der Waals surface area contributed by atoms with Crippen LogP contribution >= 0.6 is 11.6 Å². The summed E-state index contributed by atoms with van der Waals surface area (Å²) in [7, 11) is 0. The minimum Gasteiger partial charge on any atom is -0.378 e. The molecule has 3 heteroatoms. The SMILES string of the molecule is O=C(CC1CCCO1)C(Cl)c1ccccc1. The Morgan fingerprint density at radius 3 is 2.81 bits per heavy atom. The Bertz CT molecular complexity index is 344. The van der Waals surface area contributed by atoms with Crippen molar-refractivity contribution < 1.29 is 9.53 Å². The van der Waals surface area contributed by atoms with Gasteiger partial charge in [-0.25, -0.2) is 0 Å². The largest absolute Gasteiger partial charge is 0.378 e. The molecule has 2 atom stereocenters. The van der Waals surface area contributed by atoms with Gasteiger partial charge in [0, 0.05) is 13.0 Å². The Morgan fingerprint density at radius 1 is 1.44 bits per heavy atom. The molecular weight excluding hydrogens is 224 g/mol. The number of ketones is 1. The van der Waals surface area contributed by atoms with E-state index in [1.165, 1.54) is 0 Å². The first-order valence-corrected chi connectivity index (χ1v) is 6.04. The molecule has 1 aliphatic heterocycles. The van der Waals surface area contributed by atoms with Gasteiger partial charge in [-0.1, -0.05) is 30.3 Å². The molecule has 2 rings (SSSR count). The Balaban J connectivity index is 1.94. The zero-order valence-corrected chi connectivity index (χ0v) is 9.82. The van der Waals surface area contributed by atoms with Gasteiger partial charge in [0.1, 0.15) is 5.38 Å². The van der Waals surface area contributed by atoms with Gasteiger partial charge in [0.2, 0.25) is 0 Å². The van der Waals surface area contributed by atoms with E-state index in [4.69, 9.17) is 16.3 Å². The Labute approximate surface area is 101 Å². The van der Waals surface area contributed by atoms with Crippen molar-refractivity contribution in [1.29, 1.82) is 0 Å². The molecule has 1 heterocycles. The second-order valence-electron chi connectivity index (χ2n) is 4.08. The topological polar surface area (TPSA) is 26.3 Å². The van der Waals surface area contributed by atoms with E-state index < -0.39 is 5.38 Å². The molecule has 0 aliphatic carbocycles. The van der Waals surface area contributed by atoms with Gasteiger partial charge in [-0.3, -0.25) is 4.79 Å². The zero-order chi connectivity index (χ0) is 11.4. The molecule has 0 radical (unpaired) electrons. The van der Waals surface area contributed by atoms with Crippen molar-refractivity contribution in [3.63, 3.8) is 0 Å². The molecule has 2 nitrogen and oxygen atoms in total. The van der Waals surface area contributed by atoms with Crippen LogP contribution in [0.2, 0.25) is 0 Å². The summed E-state index contributed by atoms with van der Waals surface area (Å²) in [6.45, 7) is 0.774. The molecule has 1 saturated heterocycles. The lowest BCUT2D eigenvalue weighted by atomic mass is 10.0. The maximum absolute atomic E-state index is 11.9. The Hall–Kier alpha value is -0.860. The van der Waals surface area contributed by atoms with Crippen molar-refractivity contribution in [1.82, 2.24) is 0 Å². The lowest BCUT2D eigenvalue weighted by Gasteiger charge is -2.12. The molecule has 0 spiro atoms. The number of ether oxygens (including phenoxy) is 1. The average Bonchev–Trinajstić information content (AvgIpc) is 2.82. The summed E-state index contributed by atoms with van der Waals surface area (Å²) < 4.78 is 5.43. The molecule has 2 unspecified atom stereocenters. The second kappa shape index (κ2) is 5.46. The monoisotopic (exact) mass is 238 g/mol. The third-order valence-corrected chi connectivity index (χ3v) is 3.32. The van der Waals surface area contributed by atoms with Gasteiger partial charge in [-0.2, -0.15) is 0 Å². The van der Waals surface area contributed by atoms with Crippen LogP contribution < -0.4 is 0 Å². The molecule has 0 aromatic heterocycles. The Kier molecular flexibility index (Phi) is 3.97. The molecular formula is C13H15ClO2. The standard InChI is InChI=1S/C13H15ClO2/c14-13(10-5-2-1-3-6-10)12(15)9-11-7-4-8-16-11/h1-3,5-6,11,13H,4,7-9H2. The van der Waals surface area contributed by atoms with Crippen LogP contribution in [0.15, 0.2) is 30.3 Å². The number of carbonyl (C=O) groups excluding carboxylic acids is 1. The fourth-order valence-corrected chi connectivity index (χ4v) is 2.18. The summed E-state index contributed by atoms with van der Waals surface area (Å²) in [4.78, 5) is 11.9. The summed E-state index contributed by atoms with van der Waals surface area (Å²) in [5.74, 6) is 0.0553. The van der Waals surface area contributed by atoms with Crippen molar-refractivity contribution in [2.75, 3.05) is 6.61 Å². The van der Waals surface area contributed by atoms with Crippen LogP contribution in [0.4, 0.5) is 0 Å². The molecule has 16 heavy (non-hydrogen) atoms. The first kappa shape index (κ1) is 11.6. The number of Topliss-reactive ketones (excluding diaryl/α,β-unsaturated/α-hetero) is 1. The third kappa shape index (κ3) is 2.83. The quantitative estimate of drug-likeness (QED) is 0.754. The van der Waals surface area contributed by atoms with Gasteiger partial charge in [0.25, 0.3) is 0 Å². The van der Waals surface area contributed by atoms with Crippen LogP contribution in [0.1, 0.15) is 30.2 Å². The minimum absolute atomic E-state index is 0.0553. The number of rotatable bonds is 4. The fraction of sp³-hybridized carbons (Fsp3) is 0.462. The molecule has 86 valence electrons. The molecule has 0 N–H and O–H groups in total. The Morgan fingerprint density at radius 2 is 2.19 bits per heavy atom. The van der Waals surface area contributed by atoms with E-state index in [9.17, 15) is 4.79 Å². The van der Waals surface area contributed by atoms with E-state index in [0.29, 0.717) is 6.42 Å². The van der Waals surface area contributed by atoms with Crippen LogP contribution in [0, 0.1) is 0 Å². The van der Waals surface area contributed by atoms with Gasteiger partial charge in [-0.15, -0.1) is 11.6 Å². The first-order valence-electron chi connectivity index (χ1n) is 5.60. The summed E-state index contributed by atoms with van der Waals surface area (Å²) in [5.41, 5.74) is 0.868. The van der Waals surface area contributed by atoms with Crippen molar-refractivity contribution in [3.8, 4) is 0 Å². The smallest absolute Gasteiger partial charge is 0.157 e. The highest BCUT2D eigenvalue weighted by molar-refractivity contribution is 6.31. The summed E-state index contributed by atoms with van der Waals surface area (Å²) >= 11 is 6.13. The minimum atomic E-state index is -0.537. The highest BCUT2D eigenvalue weighted by Crippen LogP contribution is 2.25. The van der Waals surface area contributed by atoms with Crippen LogP contribution in [0.3, 0.4) is 0 Å². The van der Waals surface area contributed by atoms with Gasteiger partial charge < -0.3 is 4.74 Å². The molecule has 0 saturated carbocycles. The second-order valence-corrected chi connectivity index (χ2v) is 4.52. The van der Waals surface area contributed by atoms with Gasteiger partial charge >= 0.3 is 0 Å². The van der Waals surface area contributed by atoms with E-state index in [-0.39, 0.29) is 11.9 Å². The number of hydrogen-bond acceptors (Lipinski definition) is 2. The van der Waals surface area contributed by atoms with Crippen LogP contribution in [-0.2, 0) is 9.53 Å². The summed E-state index contributed by atoms with van der Waals surface area (Å²) in [6, 6.07) is 9.46. The predicted molar refractivity (Wildman–Crippen MR) is 63.6 cm³/mol. The van der Waals surface area contributed by atoms with Crippen molar-refractivity contribution in [2.45, 2.75) is 30.7 Å². The van der Waals surface area contributed by atoms with E-state index in [1.54, 1.807) is 0 Å². The molecule has 1 fully saturated rings. The van der Waals surface area contributed by atoms with Gasteiger partial charge in [0.05, 0.1) is 6.10 Å². The number of alkyl halides is 1. The van der Waals surface area contributed by atoms with E-state index in [2.05, 4.69) is 0 Å². The van der Waals surface area contributed by atoms with E-state index >= 15 is 0 Å². The van der Waals surface area contributed by atoms with Crippen molar-refractivity contribution in [3.05, 3.63) is 35.9 Å². The molecule has 1 aromatic rings. The zero-order valence-electron chi connectivity index (χ0n) is 9.06. The van der Waals surface area contributed by atoms with Crippen LogP contribution in [-0.4, -0.2) is 18.5 Å². The summed E-state index contributed by atoms with van der Waals surface area (Å²) in [6.07, 6.45) is 2.54. The first-order chi connectivity index (χ1) is 7.77. The summed E-state index contributed by atoms with van der Waals surface area (Å²) in [5, 5.41) is -0.537. The van der Waals surface area contributed by atoms with Crippen LogP contribution in [0.25, 0.3) is 0 Å². The third-order valence-electron chi connectivity index (χ3n) is 2.83. The maximum Gasteiger partial charge on any atom is 0.157 e. The maximum atomic E-state index is 11.9. The van der Waals surface area contributed by atoms with E-state index in [1.807, 2.05) is 30.3 Å². The number of halogens is 1. The van der Waals surface area contributed by atoms with Gasteiger partial charge in [-0.05, 0) is 18.4 Å². The average molecular weight is 239 g/mol. The highest BCUT2D eigenvalue weighted by Gasteiger charge is 2.24. The lowest BCUT2D eigenvalue weighted by molar-refractivity contribution is -0.120. The molecule has 0 amide bonds. The normalized spacial score (nSPS) is 21.9. The molecule has 1 aliphatic rings. The number of benzene rings is 1. The van der Waals surface area contributed by atoms with Gasteiger partial charge in [0.15, 0.2) is 5.78 Å². The van der Waals surface area contributed by atoms with E-state index in [0.717, 1.165) is 25.0 Å². The number of carbonyl (C=O) groups is 1. The number of hydrogen-bond donors (Lipinski definition) is 0. The van der Waals surface area contributed by atoms with Crippen molar-refractivity contribution >= 4 is 17.4 Å². The highest BCUT2D eigenvalue weighted by atomic mass is 35.5. The fourth-order valence-electron chi connectivity index (χ4n) is 1.94.